The predicted octanol–water partition coefficient (Wildman–Crippen LogP) is 3.30. The van der Waals surface area contributed by atoms with Gasteiger partial charge in [0.1, 0.15) is 5.75 Å². The molecule has 0 aliphatic carbocycles. The van der Waals surface area contributed by atoms with E-state index in [9.17, 15) is 4.79 Å². The summed E-state index contributed by atoms with van der Waals surface area (Å²) in [4.78, 5) is 11.9. The number of esters is 1. The molecule has 0 amide bonds. The summed E-state index contributed by atoms with van der Waals surface area (Å²) in [7, 11) is 0. The summed E-state index contributed by atoms with van der Waals surface area (Å²) < 4.78 is 10.9. The predicted molar refractivity (Wildman–Crippen MR) is 84.4 cm³/mol. The second-order valence-corrected chi connectivity index (χ2v) is 4.97. The molecule has 0 heterocycles. The molecule has 1 atom stereocenters. The molecule has 0 radical (unpaired) electrons. The van der Waals surface area contributed by atoms with Gasteiger partial charge in [0.2, 0.25) is 0 Å². The highest BCUT2D eigenvalue weighted by Gasteiger charge is 2.20. The zero-order valence-electron chi connectivity index (χ0n) is 13.4. The Kier molecular flexibility index (Phi) is 8.51. The largest absolute Gasteiger partial charge is 0.479 e. The molecule has 0 bridgehead atoms. The van der Waals surface area contributed by atoms with E-state index in [0.29, 0.717) is 13.0 Å². The van der Waals surface area contributed by atoms with Crippen molar-refractivity contribution in [1.29, 1.82) is 0 Å². The lowest BCUT2D eigenvalue weighted by Crippen LogP contribution is -2.29. The fraction of sp³-hybridized carbons (Fsp3) is 0.588. The van der Waals surface area contributed by atoms with Crippen molar-refractivity contribution in [2.75, 3.05) is 13.2 Å². The number of ether oxygens (including phenoxy) is 2. The molecule has 1 unspecified atom stereocenters. The van der Waals surface area contributed by atoms with Crippen molar-refractivity contribution in [3.63, 3.8) is 0 Å². The van der Waals surface area contributed by atoms with Crippen LogP contribution >= 0.6 is 0 Å². The molecule has 118 valence electrons. The van der Waals surface area contributed by atoms with Crippen LogP contribution in [0.5, 0.6) is 5.75 Å². The monoisotopic (exact) mass is 293 g/mol. The van der Waals surface area contributed by atoms with Crippen molar-refractivity contribution >= 4 is 5.97 Å². The number of carbonyl (C=O) groups excluding carboxylic acids is 1. The van der Waals surface area contributed by atoms with Crippen molar-refractivity contribution in [3.05, 3.63) is 29.8 Å². The zero-order valence-corrected chi connectivity index (χ0v) is 13.4. The lowest BCUT2D eigenvalue weighted by molar-refractivity contribution is -0.151. The van der Waals surface area contributed by atoms with Gasteiger partial charge in [0, 0.05) is 6.54 Å². The smallest absolute Gasteiger partial charge is 0.347 e. The Balaban J connectivity index is 2.65. The van der Waals surface area contributed by atoms with Gasteiger partial charge in [-0.25, -0.2) is 4.79 Å². The molecule has 0 aromatic heterocycles. The van der Waals surface area contributed by atoms with Crippen molar-refractivity contribution in [1.82, 2.24) is 5.32 Å². The summed E-state index contributed by atoms with van der Waals surface area (Å²) in [6.07, 6.45) is 2.13. The van der Waals surface area contributed by atoms with Crippen LogP contribution in [0.25, 0.3) is 0 Å². The normalized spacial score (nSPS) is 12.0. The number of carbonyl (C=O) groups is 1. The standard InChI is InChI=1S/C17H27NO3/c1-4-8-16(17(19)20-6-3)21-15-10-7-9-14(12-15)13-18-11-5-2/h7,9-10,12,16,18H,4-6,8,11,13H2,1-3H3. The maximum atomic E-state index is 11.9. The first-order chi connectivity index (χ1) is 10.2. The van der Waals surface area contributed by atoms with Gasteiger partial charge in [-0.1, -0.05) is 32.4 Å². The van der Waals surface area contributed by atoms with Gasteiger partial charge in [-0.3, -0.25) is 0 Å². The van der Waals surface area contributed by atoms with Crippen molar-refractivity contribution in [3.8, 4) is 5.75 Å². The average Bonchev–Trinajstić information content (AvgIpc) is 2.48. The van der Waals surface area contributed by atoms with Gasteiger partial charge in [-0.05, 0) is 44.0 Å². The van der Waals surface area contributed by atoms with E-state index in [2.05, 4.69) is 18.3 Å². The molecular weight excluding hydrogens is 266 g/mol. The molecule has 4 heteroatoms. The van der Waals surface area contributed by atoms with Gasteiger partial charge in [0.15, 0.2) is 6.10 Å². The van der Waals surface area contributed by atoms with E-state index in [0.717, 1.165) is 37.2 Å². The third kappa shape index (κ3) is 6.63. The van der Waals surface area contributed by atoms with E-state index < -0.39 is 6.10 Å². The van der Waals surface area contributed by atoms with Crippen molar-refractivity contribution in [2.24, 2.45) is 0 Å². The fourth-order valence-corrected chi connectivity index (χ4v) is 2.02. The maximum absolute atomic E-state index is 11.9. The Morgan fingerprint density at radius 1 is 1.24 bits per heavy atom. The van der Waals surface area contributed by atoms with E-state index >= 15 is 0 Å². The first-order valence-corrected chi connectivity index (χ1v) is 7.84. The van der Waals surface area contributed by atoms with Gasteiger partial charge in [-0.15, -0.1) is 0 Å². The molecule has 0 spiro atoms. The van der Waals surface area contributed by atoms with E-state index in [1.165, 1.54) is 0 Å². The molecule has 1 aromatic rings. The topological polar surface area (TPSA) is 47.6 Å². The minimum absolute atomic E-state index is 0.283. The van der Waals surface area contributed by atoms with Crippen molar-refractivity contribution in [2.45, 2.75) is 52.7 Å². The molecule has 1 rings (SSSR count). The molecular formula is C17H27NO3. The number of hydrogen-bond acceptors (Lipinski definition) is 4. The Bertz CT molecular complexity index is 420. The first kappa shape index (κ1) is 17.5. The van der Waals surface area contributed by atoms with Gasteiger partial charge in [-0.2, -0.15) is 0 Å². The van der Waals surface area contributed by atoms with Crippen LogP contribution in [-0.2, 0) is 16.1 Å². The van der Waals surface area contributed by atoms with Crippen LogP contribution in [0.2, 0.25) is 0 Å². The minimum atomic E-state index is -0.520. The molecule has 0 saturated carbocycles. The SMILES string of the molecule is CCCNCc1cccc(OC(CCC)C(=O)OCC)c1. The first-order valence-electron chi connectivity index (χ1n) is 7.84. The molecule has 1 aromatic carbocycles. The molecule has 1 N–H and O–H groups in total. The van der Waals surface area contributed by atoms with Gasteiger partial charge in [0.25, 0.3) is 0 Å². The molecule has 0 saturated heterocycles. The summed E-state index contributed by atoms with van der Waals surface area (Å²) in [5.41, 5.74) is 1.15. The van der Waals surface area contributed by atoms with Crippen LogP contribution in [0.1, 0.15) is 45.6 Å². The zero-order chi connectivity index (χ0) is 15.5. The average molecular weight is 293 g/mol. The van der Waals surface area contributed by atoms with Crippen LogP contribution in [0.4, 0.5) is 0 Å². The number of nitrogens with one attached hydrogen (secondary N) is 1. The van der Waals surface area contributed by atoms with Crippen molar-refractivity contribution < 1.29 is 14.3 Å². The summed E-state index contributed by atoms with van der Waals surface area (Å²) in [6.45, 7) is 8.15. The second-order valence-electron chi connectivity index (χ2n) is 4.97. The Morgan fingerprint density at radius 3 is 2.71 bits per heavy atom. The van der Waals surface area contributed by atoms with Crippen LogP contribution in [0.15, 0.2) is 24.3 Å². The molecule has 21 heavy (non-hydrogen) atoms. The van der Waals surface area contributed by atoms with Gasteiger partial charge >= 0.3 is 5.97 Å². The minimum Gasteiger partial charge on any atom is -0.479 e. The van der Waals surface area contributed by atoms with Crippen LogP contribution < -0.4 is 10.1 Å². The highest BCUT2D eigenvalue weighted by atomic mass is 16.6. The van der Waals surface area contributed by atoms with Crippen LogP contribution in [0.3, 0.4) is 0 Å². The van der Waals surface area contributed by atoms with E-state index in [1.807, 2.05) is 25.1 Å². The van der Waals surface area contributed by atoms with E-state index in [-0.39, 0.29) is 5.97 Å². The summed E-state index contributed by atoms with van der Waals surface area (Å²) in [6, 6.07) is 7.86. The summed E-state index contributed by atoms with van der Waals surface area (Å²) >= 11 is 0. The molecule has 0 aliphatic heterocycles. The lowest BCUT2D eigenvalue weighted by atomic mass is 10.2. The Labute approximate surface area is 127 Å². The van der Waals surface area contributed by atoms with Gasteiger partial charge in [0.05, 0.1) is 6.61 Å². The third-order valence-electron chi connectivity index (χ3n) is 3.03. The fourth-order valence-electron chi connectivity index (χ4n) is 2.02. The van der Waals surface area contributed by atoms with Crippen LogP contribution in [-0.4, -0.2) is 25.2 Å². The number of benzene rings is 1. The summed E-state index contributed by atoms with van der Waals surface area (Å²) in [5.74, 6) is 0.436. The van der Waals surface area contributed by atoms with E-state index in [1.54, 1.807) is 6.92 Å². The Hall–Kier alpha value is -1.55. The number of hydrogen-bond donors (Lipinski definition) is 1. The maximum Gasteiger partial charge on any atom is 0.347 e. The highest BCUT2D eigenvalue weighted by molar-refractivity contribution is 5.75. The van der Waals surface area contributed by atoms with Gasteiger partial charge < -0.3 is 14.8 Å². The third-order valence-corrected chi connectivity index (χ3v) is 3.03. The molecule has 0 aliphatic rings. The quantitative estimate of drug-likeness (QED) is 0.531. The Morgan fingerprint density at radius 2 is 2.05 bits per heavy atom. The summed E-state index contributed by atoms with van der Waals surface area (Å²) in [5, 5.41) is 3.35. The lowest BCUT2D eigenvalue weighted by Gasteiger charge is -2.17. The van der Waals surface area contributed by atoms with E-state index in [4.69, 9.17) is 9.47 Å². The molecule has 4 nitrogen and oxygen atoms in total. The molecule has 0 fully saturated rings. The number of rotatable bonds is 10. The van der Waals surface area contributed by atoms with Crippen LogP contribution in [0, 0.1) is 0 Å². The second kappa shape index (κ2) is 10.2. The highest BCUT2D eigenvalue weighted by Crippen LogP contribution is 2.17.